The molecule has 0 aliphatic heterocycles. The highest BCUT2D eigenvalue weighted by Crippen LogP contribution is 2.31. The van der Waals surface area contributed by atoms with Crippen LogP contribution in [-0.4, -0.2) is 35.9 Å². The van der Waals surface area contributed by atoms with Crippen LogP contribution in [0.15, 0.2) is 78.9 Å². The molecule has 1 atom stereocenters. The highest BCUT2D eigenvalue weighted by molar-refractivity contribution is 5.88. The van der Waals surface area contributed by atoms with Crippen LogP contribution in [0.25, 0.3) is 0 Å². The van der Waals surface area contributed by atoms with E-state index in [-0.39, 0.29) is 36.2 Å². The van der Waals surface area contributed by atoms with Crippen molar-refractivity contribution < 1.29 is 18.7 Å². The standard InChI is InChI=1S/C31H37FN2O3/c1-5-19-33-30(36)27(20-23-11-7-6-8-12-23)34(21-24-15-17-25(32)18-16-24)29(35)22-37-28-14-10-9-13-26(28)31(2,3)4/h6-18,27H,5,19-22H2,1-4H3,(H,33,36)/t27-/m1/s1. The number of hydrogen-bond acceptors (Lipinski definition) is 3. The fourth-order valence-electron chi connectivity index (χ4n) is 4.14. The molecular formula is C31H37FN2O3. The molecule has 0 radical (unpaired) electrons. The molecule has 6 heteroatoms. The van der Waals surface area contributed by atoms with Crippen LogP contribution in [0.4, 0.5) is 4.39 Å². The minimum atomic E-state index is -0.757. The molecule has 0 aliphatic carbocycles. The Morgan fingerprint density at radius 3 is 2.22 bits per heavy atom. The molecule has 0 aromatic heterocycles. The lowest BCUT2D eigenvalue weighted by Crippen LogP contribution is -2.51. The molecule has 0 saturated carbocycles. The second kappa shape index (κ2) is 13.0. The fraction of sp³-hybridized carbons (Fsp3) is 0.355. The molecule has 196 valence electrons. The third-order valence-electron chi connectivity index (χ3n) is 6.13. The molecule has 0 spiro atoms. The molecule has 3 rings (SSSR count). The van der Waals surface area contributed by atoms with E-state index in [2.05, 4.69) is 26.1 Å². The maximum atomic E-state index is 13.7. The molecule has 0 heterocycles. The van der Waals surface area contributed by atoms with Crippen molar-refractivity contribution in [2.45, 2.75) is 58.5 Å². The molecule has 0 aliphatic rings. The first kappa shape index (κ1) is 27.9. The van der Waals surface area contributed by atoms with Gasteiger partial charge in [0.15, 0.2) is 6.61 Å². The summed E-state index contributed by atoms with van der Waals surface area (Å²) in [6.45, 7) is 8.69. The minimum Gasteiger partial charge on any atom is -0.483 e. The van der Waals surface area contributed by atoms with Crippen LogP contribution in [0.2, 0.25) is 0 Å². The highest BCUT2D eigenvalue weighted by atomic mass is 19.1. The van der Waals surface area contributed by atoms with E-state index in [9.17, 15) is 14.0 Å². The van der Waals surface area contributed by atoms with Crippen molar-refractivity contribution >= 4 is 11.8 Å². The van der Waals surface area contributed by atoms with Crippen LogP contribution in [0.5, 0.6) is 5.75 Å². The Morgan fingerprint density at radius 1 is 0.919 bits per heavy atom. The largest absolute Gasteiger partial charge is 0.483 e. The summed E-state index contributed by atoms with van der Waals surface area (Å²) in [5.41, 5.74) is 2.50. The van der Waals surface area contributed by atoms with Gasteiger partial charge in [-0.25, -0.2) is 4.39 Å². The summed E-state index contributed by atoms with van der Waals surface area (Å²) in [6.07, 6.45) is 1.13. The zero-order valence-electron chi connectivity index (χ0n) is 22.2. The van der Waals surface area contributed by atoms with Gasteiger partial charge >= 0.3 is 0 Å². The van der Waals surface area contributed by atoms with E-state index in [1.807, 2.05) is 61.5 Å². The molecule has 37 heavy (non-hydrogen) atoms. The monoisotopic (exact) mass is 504 g/mol. The SMILES string of the molecule is CCCNC(=O)[C@@H](Cc1ccccc1)N(Cc1ccc(F)cc1)C(=O)COc1ccccc1C(C)(C)C. The summed E-state index contributed by atoms with van der Waals surface area (Å²) in [5.74, 6) is -0.262. The van der Waals surface area contributed by atoms with Crippen molar-refractivity contribution in [2.24, 2.45) is 0 Å². The number of carbonyl (C=O) groups is 2. The summed E-state index contributed by atoms with van der Waals surface area (Å²) in [6, 6.07) is 22.5. The molecule has 3 aromatic rings. The van der Waals surface area contributed by atoms with Crippen molar-refractivity contribution in [1.29, 1.82) is 0 Å². The van der Waals surface area contributed by atoms with E-state index in [0.717, 1.165) is 23.1 Å². The van der Waals surface area contributed by atoms with Crippen molar-refractivity contribution in [3.63, 3.8) is 0 Å². The fourth-order valence-corrected chi connectivity index (χ4v) is 4.14. The Kier molecular flexibility index (Phi) is 9.84. The average molecular weight is 505 g/mol. The number of carbonyl (C=O) groups excluding carboxylic acids is 2. The number of halogens is 1. The van der Waals surface area contributed by atoms with Gasteiger partial charge in [0.25, 0.3) is 5.91 Å². The topological polar surface area (TPSA) is 58.6 Å². The van der Waals surface area contributed by atoms with Gasteiger partial charge in [0.05, 0.1) is 0 Å². The molecule has 0 saturated heterocycles. The van der Waals surface area contributed by atoms with Gasteiger partial charge in [-0.2, -0.15) is 0 Å². The summed E-state index contributed by atoms with van der Waals surface area (Å²) in [7, 11) is 0. The lowest BCUT2D eigenvalue weighted by Gasteiger charge is -2.32. The van der Waals surface area contributed by atoms with E-state index in [1.165, 1.54) is 12.1 Å². The second-order valence-electron chi connectivity index (χ2n) is 10.2. The maximum Gasteiger partial charge on any atom is 0.261 e. The summed E-state index contributed by atoms with van der Waals surface area (Å²) in [5, 5.41) is 2.95. The molecular weight excluding hydrogens is 467 g/mol. The first-order valence-corrected chi connectivity index (χ1v) is 12.8. The molecule has 0 fully saturated rings. The number of rotatable bonds is 11. The van der Waals surface area contributed by atoms with Gasteiger partial charge in [0, 0.05) is 19.5 Å². The number of amides is 2. The predicted molar refractivity (Wildman–Crippen MR) is 145 cm³/mol. The number of benzene rings is 3. The predicted octanol–water partition coefficient (Wildman–Crippen LogP) is 5.67. The van der Waals surface area contributed by atoms with Crippen molar-refractivity contribution in [3.05, 3.63) is 101 Å². The van der Waals surface area contributed by atoms with Crippen LogP contribution >= 0.6 is 0 Å². The molecule has 2 amide bonds. The Hall–Kier alpha value is -3.67. The zero-order chi connectivity index (χ0) is 26.8. The molecule has 3 aromatic carbocycles. The van der Waals surface area contributed by atoms with E-state index in [0.29, 0.717) is 18.7 Å². The quantitative estimate of drug-likeness (QED) is 0.366. The first-order chi connectivity index (χ1) is 17.7. The van der Waals surface area contributed by atoms with Crippen LogP contribution in [-0.2, 0) is 28.0 Å². The Morgan fingerprint density at radius 2 is 1.57 bits per heavy atom. The van der Waals surface area contributed by atoms with Crippen LogP contribution in [0, 0.1) is 5.82 Å². The average Bonchev–Trinajstić information content (AvgIpc) is 2.89. The van der Waals surface area contributed by atoms with Gasteiger partial charge in [-0.05, 0) is 46.7 Å². The summed E-state index contributed by atoms with van der Waals surface area (Å²) >= 11 is 0. The van der Waals surface area contributed by atoms with Gasteiger partial charge in [-0.3, -0.25) is 9.59 Å². The Labute approximate surface area is 219 Å². The van der Waals surface area contributed by atoms with Crippen molar-refractivity contribution in [2.75, 3.05) is 13.2 Å². The summed E-state index contributed by atoms with van der Waals surface area (Å²) in [4.78, 5) is 28.6. The summed E-state index contributed by atoms with van der Waals surface area (Å²) < 4.78 is 19.6. The minimum absolute atomic E-state index is 0.153. The molecule has 5 nitrogen and oxygen atoms in total. The number of para-hydroxylation sites is 1. The second-order valence-corrected chi connectivity index (χ2v) is 10.2. The smallest absolute Gasteiger partial charge is 0.261 e. The van der Waals surface area contributed by atoms with Gasteiger partial charge < -0.3 is 15.0 Å². The van der Waals surface area contributed by atoms with Gasteiger partial charge in [-0.1, -0.05) is 88.4 Å². The highest BCUT2D eigenvalue weighted by Gasteiger charge is 2.31. The third kappa shape index (κ3) is 8.17. The van der Waals surface area contributed by atoms with Gasteiger partial charge in [-0.15, -0.1) is 0 Å². The van der Waals surface area contributed by atoms with E-state index >= 15 is 0 Å². The van der Waals surface area contributed by atoms with E-state index in [1.54, 1.807) is 17.0 Å². The molecule has 1 N–H and O–H groups in total. The lowest BCUT2D eigenvalue weighted by molar-refractivity contribution is -0.142. The maximum absolute atomic E-state index is 13.7. The zero-order valence-corrected chi connectivity index (χ0v) is 22.2. The third-order valence-corrected chi connectivity index (χ3v) is 6.13. The first-order valence-electron chi connectivity index (χ1n) is 12.8. The van der Waals surface area contributed by atoms with Crippen molar-refractivity contribution in [3.8, 4) is 5.75 Å². The number of ether oxygens (including phenoxy) is 1. The Balaban J connectivity index is 1.92. The van der Waals surface area contributed by atoms with Crippen LogP contribution in [0.1, 0.15) is 50.8 Å². The Bertz CT molecular complexity index is 1160. The van der Waals surface area contributed by atoms with E-state index in [4.69, 9.17) is 4.74 Å². The number of hydrogen-bond donors (Lipinski definition) is 1. The number of nitrogens with one attached hydrogen (secondary N) is 1. The molecule has 0 unspecified atom stereocenters. The molecule has 0 bridgehead atoms. The van der Waals surface area contributed by atoms with Crippen LogP contribution < -0.4 is 10.1 Å². The normalized spacial score (nSPS) is 12.0. The lowest BCUT2D eigenvalue weighted by atomic mass is 9.86. The van der Waals surface area contributed by atoms with Crippen LogP contribution in [0.3, 0.4) is 0 Å². The van der Waals surface area contributed by atoms with E-state index < -0.39 is 6.04 Å². The van der Waals surface area contributed by atoms with Gasteiger partial charge in [0.2, 0.25) is 5.91 Å². The van der Waals surface area contributed by atoms with Crippen molar-refractivity contribution in [1.82, 2.24) is 10.2 Å². The van der Waals surface area contributed by atoms with Gasteiger partial charge in [0.1, 0.15) is 17.6 Å². The number of nitrogens with zero attached hydrogens (tertiary/aromatic N) is 1.